The highest BCUT2D eigenvalue weighted by molar-refractivity contribution is 4.95. The minimum atomic E-state index is -0.0347. The van der Waals surface area contributed by atoms with E-state index in [4.69, 9.17) is 11.5 Å². The van der Waals surface area contributed by atoms with Crippen molar-refractivity contribution in [1.29, 1.82) is 0 Å². The van der Waals surface area contributed by atoms with Gasteiger partial charge >= 0.3 is 0 Å². The van der Waals surface area contributed by atoms with Crippen LogP contribution >= 0.6 is 0 Å². The van der Waals surface area contributed by atoms with Crippen LogP contribution < -0.4 is 11.5 Å². The molecule has 0 amide bonds. The van der Waals surface area contributed by atoms with Gasteiger partial charge < -0.3 is 11.5 Å². The van der Waals surface area contributed by atoms with E-state index >= 15 is 0 Å². The van der Waals surface area contributed by atoms with Gasteiger partial charge in [-0.3, -0.25) is 0 Å². The fraction of sp³-hybridized carbons (Fsp3) is 1.00. The molecule has 1 rings (SSSR count). The molecule has 0 aromatic rings. The van der Waals surface area contributed by atoms with E-state index in [1.165, 1.54) is 19.3 Å². The molecule has 0 bridgehead atoms. The quantitative estimate of drug-likeness (QED) is 0.643. The predicted octanol–water partition coefficient (Wildman–Crippen LogP) is 1.24. The fourth-order valence-corrected chi connectivity index (χ4v) is 1.92. The van der Waals surface area contributed by atoms with Crippen molar-refractivity contribution in [2.45, 2.75) is 44.6 Å². The molecule has 0 saturated heterocycles. The molecule has 1 aliphatic carbocycles. The lowest BCUT2D eigenvalue weighted by Gasteiger charge is -2.42. The zero-order chi connectivity index (χ0) is 8.32. The fourth-order valence-electron chi connectivity index (χ4n) is 1.92. The molecule has 1 atom stereocenters. The van der Waals surface area contributed by atoms with Crippen molar-refractivity contribution in [2.24, 2.45) is 17.4 Å². The van der Waals surface area contributed by atoms with Crippen molar-refractivity contribution in [1.82, 2.24) is 0 Å². The molecule has 1 aliphatic rings. The molecule has 0 heterocycles. The molecule has 1 saturated carbocycles. The average Bonchev–Trinajstić information content (AvgIpc) is 1.84. The Bertz CT molecular complexity index is 121. The van der Waals surface area contributed by atoms with E-state index in [-0.39, 0.29) is 5.54 Å². The lowest BCUT2D eigenvalue weighted by molar-refractivity contribution is 0.161. The first kappa shape index (κ1) is 9.01. The second kappa shape index (κ2) is 3.55. The average molecular weight is 156 g/mol. The zero-order valence-electron chi connectivity index (χ0n) is 7.47. The molecule has 1 fully saturated rings. The summed E-state index contributed by atoms with van der Waals surface area (Å²) in [6.07, 6.45) is 6.20. The van der Waals surface area contributed by atoms with Crippen LogP contribution in [-0.4, -0.2) is 12.1 Å². The first-order valence-electron chi connectivity index (χ1n) is 4.72. The lowest BCUT2D eigenvalue weighted by Crippen LogP contribution is -2.55. The van der Waals surface area contributed by atoms with E-state index < -0.39 is 0 Å². The molecule has 11 heavy (non-hydrogen) atoms. The van der Waals surface area contributed by atoms with E-state index in [1.54, 1.807) is 0 Å². The van der Waals surface area contributed by atoms with E-state index in [2.05, 4.69) is 6.92 Å². The van der Waals surface area contributed by atoms with Gasteiger partial charge in [0.2, 0.25) is 0 Å². The minimum absolute atomic E-state index is 0.0347. The molecular weight excluding hydrogens is 136 g/mol. The van der Waals surface area contributed by atoms with Crippen molar-refractivity contribution in [2.75, 3.05) is 6.54 Å². The van der Waals surface area contributed by atoms with Gasteiger partial charge in [0.15, 0.2) is 0 Å². The van der Waals surface area contributed by atoms with Crippen LogP contribution in [0.2, 0.25) is 0 Å². The van der Waals surface area contributed by atoms with Crippen molar-refractivity contribution in [3.8, 4) is 0 Å². The molecule has 0 spiro atoms. The van der Waals surface area contributed by atoms with Crippen LogP contribution in [0.4, 0.5) is 0 Å². The maximum absolute atomic E-state index is 6.19. The van der Waals surface area contributed by atoms with E-state index in [1.807, 2.05) is 0 Å². The van der Waals surface area contributed by atoms with Gasteiger partial charge in [0, 0.05) is 12.1 Å². The molecule has 66 valence electrons. The first-order valence-corrected chi connectivity index (χ1v) is 4.72. The van der Waals surface area contributed by atoms with Crippen LogP contribution in [0.1, 0.15) is 39.0 Å². The van der Waals surface area contributed by atoms with Crippen LogP contribution in [0.5, 0.6) is 0 Å². The molecule has 0 aromatic heterocycles. The second-order valence-corrected chi connectivity index (χ2v) is 3.82. The van der Waals surface area contributed by atoms with Gasteiger partial charge in [0.05, 0.1) is 0 Å². The molecule has 0 radical (unpaired) electrons. The number of nitrogens with two attached hydrogens (primary N) is 2. The largest absolute Gasteiger partial charge is 0.329 e. The van der Waals surface area contributed by atoms with Gasteiger partial charge in [-0.05, 0) is 25.2 Å². The summed E-state index contributed by atoms with van der Waals surface area (Å²) >= 11 is 0. The summed E-state index contributed by atoms with van der Waals surface area (Å²) < 4.78 is 0. The molecule has 0 aromatic carbocycles. The van der Waals surface area contributed by atoms with Crippen molar-refractivity contribution in [3.63, 3.8) is 0 Å². The van der Waals surface area contributed by atoms with Gasteiger partial charge in [-0.1, -0.05) is 19.8 Å². The van der Waals surface area contributed by atoms with Crippen LogP contribution in [0.15, 0.2) is 0 Å². The first-order chi connectivity index (χ1) is 5.23. The Hall–Kier alpha value is -0.0800. The normalized spacial score (nSPS) is 24.3. The highest BCUT2D eigenvalue weighted by Gasteiger charge is 2.36. The smallest absolute Gasteiger partial charge is 0.0307 e. The van der Waals surface area contributed by atoms with Gasteiger partial charge in [0.25, 0.3) is 0 Å². The Kier molecular flexibility index (Phi) is 2.90. The van der Waals surface area contributed by atoms with E-state index in [0.717, 1.165) is 12.8 Å². The highest BCUT2D eigenvalue weighted by Crippen LogP contribution is 2.36. The predicted molar refractivity (Wildman–Crippen MR) is 48.2 cm³/mol. The Morgan fingerprint density at radius 2 is 2.09 bits per heavy atom. The Balaban J connectivity index is 2.43. The van der Waals surface area contributed by atoms with E-state index in [9.17, 15) is 0 Å². The lowest BCUT2D eigenvalue weighted by atomic mass is 9.69. The Morgan fingerprint density at radius 3 is 2.36 bits per heavy atom. The minimum Gasteiger partial charge on any atom is -0.329 e. The van der Waals surface area contributed by atoms with Crippen LogP contribution in [-0.2, 0) is 0 Å². The number of hydrogen-bond acceptors (Lipinski definition) is 2. The van der Waals surface area contributed by atoms with Crippen molar-refractivity contribution < 1.29 is 0 Å². The van der Waals surface area contributed by atoms with E-state index in [0.29, 0.717) is 12.5 Å². The van der Waals surface area contributed by atoms with Gasteiger partial charge in [0.1, 0.15) is 0 Å². The maximum atomic E-state index is 6.19. The third-order valence-electron chi connectivity index (χ3n) is 3.01. The van der Waals surface area contributed by atoms with Crippen molar-refractivity contribution >= 4 is 0 Å². The Morgan fingerprint density at radius 1 is 1.45 bits per heavy atom. The molecule has 2 heteroatoms. The molecule has 2 nitrogen and oxygen atoms in total. The summed E-state index contributed by atoms with van der Waals surface area (Å²) in [6.45, 7) is 2.83. The second-order valence-electron chi connectivity index (χ2n) is 3.82. The van der Waals surface area contributed by atoms with Crippen LogP contribution in [0.3, 0.4) is 0 Å². The van der Waals surface area contributed by atoms with Gasteiger partial charge in [-0.15, -0.1) is 0 Å². The monoisotopic (exact) mass is 156 g/mol. The summed E-state index contributed by atoms with van der Waals surface area (Å²) in [5.41, 5.74) is 11.8. The summed E-state index contributed by atoms with van der Waals surface area (Å²) in [4.78, 5) is 0. The summed E-state index contributed by atoms with van der Waals surface area (Å²) in [7, 11) is 0. The molecule has 1 unspecified atom stereocenters. The van der Waals surface area contributed by atoms with Gasteiger partial charge in [-0.2, -0.15) is 0 Å². The molecular formula is C9H20N2. The van der Waals surface area contributed by atoms with Crippen molar-refractivity contribution in [3.05, 3.63) is 0 Å². The molecule has 0 aliphatic heterocycles. The van der Waals surface area contributed by atoms with Crippen LogP contribution in [0, 0.1) is 5.92 Å². The topological polar surface area (TPSA) is 52.0 Å². The summed E-state index contributed by atoms with van der Waals surface area (Å²) in [6, 6.07) is 0. The third-order valence-corrected chi connectivity index (χ3v) is 3.01. The number of rotatable bonds is 4. The molecule has 4 N–H and O–H groups in total. The Labute approximate surface area is 69.3 Å². The maximum Gasteiger partial charge on any atom is 0.0307 e. The zero-order valence-corrected chi connectivity index (χ0v) is 7.47. The summed E-state index contributed by atoms with van der Waals surface area (Å²) in [5, 5.41) is 0. The number of hydrogen-bond donors (Lipinski definition) is 2. The summed E-state index contributed by atoms with van der Waals surface area (Å²) in [5.74, 6) is 0.715. The standard InChI is InChI=1S/C9H20N2/c1-2-6-9(11,7-10)8-4-3-5-8/h8H,2-7,10-11H2,1H3. The van der Waals surface area contributed by atoms with Crippen LogP contribution in [0.25, 0.3) is 0 Å². The third kappa shape index (κ3) is 1.74. The SMILES string of the molecule is CCCC(N)(CN)C1CCC1. The van der Waals surface area contributed by atoms with Gasteiger partial charge in [-0.25, -0.2) is 0 Å². The highest BCUT2D eigenvalue weighted by atomic mass is 14.8.